The Balaban J connectivity index is 2.05. The van der Waals surface area contributed by atoms with Crippen molar-refractivity contribution in [3.8, 4) is 0 Å². The van der Waals surface area contributed by atoms with Gasteiger partial charge in [-0.3, -0.25) is 0 Å². The molecule has 0 unspecified atom stereocenters. The van der Waals surface area contributed by atoms with E-state index >= 15 is 0 Å². The smallest absolute Gasteiger partial charge is 0.280 e. The van der Waals surface area contributed by atoms with Crippen LogP contribution in [0.1, 0.15) is 29.1 Å². The maximum absolute atomic E-state index is 12.5. The fourth-order valence-electron chi connectivity index (χ4n) is 2.00. The molecule has 1 aromatic carbocycles. The van der Waals surface area contributed by atoms with Gasteiger partial charge in [-0.1, -0.05) is 6.07 Å². The summed E-state index contributed by atoms with van der Waals surface area (Å²) < 4.78 is 25.1. The molecule has 0 radical (unpaired) electrons. The van der Waals surface area contributed by atoms with E-state index in [1.807, 2.05) is 32.0 Å². The third-order valence-corrected chi connectivity index (χ3v) is 2.84. The summed E-state index contributed by atoms with van der Waals surface area (Å²) >= 11 is 0. The van der Waals surface area contributed by atoms with E-state index in [2.05, 4.69) is 20.3 Å². The number of alkyl halides is 2. The molecule has 22 heavy (non-hydrogen) atoms. The number of benzene rings is 1. The summed E-state index contributed by atoms with van der Waals surface area (Å²) in [6.07, 6.45) is -1.34. The maximum Gasteiger partial charge on any atom is 0.280 e. The number of aliphatic imine (C=N–C) groups is 1. The second-order valence-electron chi connectivity index (χ2n) is 4.90. The van der Waals surface area contributed by atoms with Crippen LogP contribution in [0.3, 0.4) is 0 Å². The Hall–Kier alpha value is -2.57. The number of hydrogen-bond donors (Lipinski definition) is 2. The second-order valence-corrected chi connectivity index (χ2v) is 4.90. The van der Waals surface area contributed by atoms with Crippen molar-refractivity contribution in [3.05, 3.63) is 53.1 Å². The van der Waals surface area contributed by atoms with Crippen molar-refractivity contribution in [2.24, 2.45) is 10.7 Å². The number of nitrogens with two attached hydrogens (primary N) is 1. The van der Waals surface area contributed by atoms with Crippen molar-refractivity contribution in [1.82, 2.24) is 9.97 Å². The summed E-state index contributed by atoms with van der Waals surface area (Å²) in [4.78, 5) is 11.7. The average molecular weight is 305 g/mol. The largest absolute Gasteiger partial charge is 0.370 e. The van der Waals surface area contributed by atoms with Gasteiger partial charge in [0.15, 0.2) is 5.96 Å². The summed E-state index contributed by atoms with van der Waals surface area (Å²) in [5.41, 5.74) is 8.49. The van der Waals surface area contributed by atoms with Crippen LogP contribution in [0.5, 0.6) is 0 Å². The fraction of sp³-hybridized carbons (Fsp3) is 0.267. The van der Waals surface area contributed by atoms with Gasteiger partial charge in [0.05, 0.1) is 0 Å². The van der Waals surface area contributed by atoms with Crippen LogP contribution >= 0.6 is 0 Å². The minimum Gasteiger partial charge on any atom is -0.370 e. The van der Waals surface area contributed by atoms with E-state index in [1.54, 1.807) is 0 Å². The van der Waals surface area contributed by atoms with Crippen LogP contribution in [-0.4, -0.2) is 15.9 Å². The topological polar surface area (TPSA) is 76.2 Å². The Bertz CT molecular complexity index is 665. The van der Waals surface area contributed by atoms with E-state index in [-0.39, 0.29) is 24.0 Å². The molecule has 2 aromatic rings. The Morgan fingerprint density at radius 2 is 1.95 bits per heavy atom. The molecule has 0 aliphatic rings. The lowest BCUT2D eigenvalue weighted by Crippen LogP contribution is -2.22. The van der Waals surface area contributed by atoms with Crippen molar-refractivity contribution in [2.75, 3.05) is 5.32 Å². The maximum atomic E-state index is 12.5. The summed E-state index contributed by atoms with van der Waals surface area (Å²) in [6, 6.07) is 7.09. The summed E-state index contributed by atoms with van der Waals surface area (Å²) in [7, 11) is 0. The van der Waals surface area contributed by atoms with Gasteiger partial charge in [-0.05, 0) is 43.2 Å². The molecule has 2 rings (SSSR count). The van der Waals surface area contributed by atoms with Gasteiger partial charge >= 0.3 is 0 Å². The van der Waals surface area contributed by atoms with Gasteiger partial charge in [0.2, 0.25) is 0 Å². The van der Waals surface area contributed by atoms with Gasteiger partial charge in [0.25, 0.3) is 6.43 Å². The van der Waals surface area contributed by atoms with Crippen LogP contribution in [0.25, 0.3) is 0 Å². The second kappa shape index (κ2) is 6.93. The minimum atomic E-state index is -2.63. The Morgan fingerprint density at radius 3 is 2.59 bits per heavy atom. The Labute approximate surface area is 127 Å². The predicted molar refractivity (Wildman–Crippen MR) is 81.9 cm³/mol. The lowest BCUT2D eigenvalue weighted by atomic mass is 10.1. The average Bonchev–Trinajstić information content (AvgIpc) is 2.44. The van der Waals surface area contributed by atoms with Crippen LogP contribution in [0.4, 0.5) is 14.5 Å². The molecule has 7 heteroatoms. The van der Waals surface area contributed by atoms with E-state index in [0.717, 1.165) is 16.8 Å². The van der Waals surface area contributed by atoms with Crippen LogP contribution in [0.15, 0.2) is 35.5 Å². The number of nitrogens with zero attached hydrogens (tertiary/aromatic N) is 3. The zero-order chi connectivity index (χ0) is 16.1. The van der Waals surface area contributed by atoms with Crippen LogP contribution < -0.4 is 11.1 Å². The van der Waals surface area contributed by atoms with E-state index in [4.69, 9.17) is 5.73 Å². The first-order valence-corrected chi connectivity index (χ1v) is 6.69. The third-order valence-electron chi connectivity index (χ3n) is 2.84. The number of hydrogen-bond acceptors (Lipinski definition) is 3. The van der Waals surface area contributed by atoms with Crippen LogP contribution in [0, 0.1) is 13.8 Å². The number of rotatable bonds is 4. The van der Waals surface area contributed by atoms with Gasteiger partial charge in [0, 0.05) is 11.9 Å². The molecule has 0 atom stereocenters. The summed E-state index contributed by atoms with van der Waals surface area (Å²) in [5, 5.41) is 2.96. The fourth-order valence-corrected chi connectivity index (χ4v) is 2.00. The van der Waals surface area contributed by atoms with E-state index < -0.39 is 6.43 Å². The van der Waals surface area contributed by atoms with Gasteiger partial charge in [-0.2, -0.15) is 0 Å². The Kier molecular flexibility index (Phi) is 4.98. The quantitative estimate of drug-likeness (QED) is 0.672. The molecule has 3 N–H and O–H groups in total. The zero-order valence-corrected chi connectivity index (χ0v) is 12.3. The lowest BCUT2D eigenvalue weighted by molar-refractivity contribution is 0.145. The van der Waals surface area contributed by atoms with Crippen molar-refractivity contribution in [2.45, 2.75) is 26.8 Å². The van der Waals surface area contributed by atoms with Crippen LogP contribution in [0.2, 0.25) is 0 Å². The molecule has 0 aliphatic heterocycles. The predicted octanol–water partition coefficient (Wildman–Crippen LogP) is 2.96. The van der Waals surface area contributed by atoms with E-state index in [9.17, 15) is 8.78 Å². The summed E-state index contributed by atoms with van der Waals surface area (Å²) in [5.74, 6) is 0.374. The molecule has 116 valence electrons. The molecule has 5 nitrogen and oxygen atoms in total. The molecule has 1 heterocycles. The van der Waals surface area contributed by atoms with Gasteiger partial charge in [-0.25, -0.2) is 23.7 Å². The molecule has 0 fully saturated rings. The highest BCUT2D eigenvalue weighted by Gasteiger charge is 2.09. The third kappa shape index (κ3) is 4.47. The highest BCUT2D eigenvalue weighted by molar-refractivity contribution is 5.92. The lowest BCUT2D eigenvalue weighted by Gasteiger charge is -2.08. The highest BCUT2D eigenvalue weighted by atomic mass is 19.3. The molecular formula is C15H17F2N5. The minimum absolute atomic E-state index is 0.0319. The first kappa shape index (κ1) is 15.8. The first-order chi connectivity index (χ1) is 10.4. The van der Waals surface area contributed by atoms with Gasteiger partial charge in [-0.15, -0.1) is 0 Å². The molecule has 0 amide bonds. The first-order valence-electron chi connectivity index (χ1n) is 6.69. The molecule has 1 aromatic heterocycles. The monoisotopic (exact) mass is 305 g/mol. The molecule has 0 bridgehead atoms. The van der Waals surface area contributed by atoms with Crippen molar-refractivity contribution in [1.29, 1.82) is 0 Å². The number of aryl methyl sites for hydroxylation is 2. The number of nitrogens with one attached hydrogen (secondary N) is 1. The molecule has 0 aliphatic carbocycles. The highest BCUT2D eigenvalue weighted by Crippen LogP contribution is 2.15. The van der Waals surface area contributed by atoms with Crippen LogP contribution in [-0.2, 0) is 6.54 Å². The van der Waals surface area contributed by atoms with Crippen molar-refractivity contribution < 1.29 is 8.78 Å². The molecule has 0 saturated carbocycles. The van der Waals surface area contributed by atoms with Crippen molar-refractivity contribution in [3.63, 3.8) is 0 Å². The zero-order valence-electron chi connectivity index (χ0n) is 12.3. The van der Waals surface area contributed by atoms with Crippen molar-refractivity contribution >= 4 is 11.6 Å². The number of guanidine groups is 1. The standard InChI is InChI=1S/C15H17F2N5/c1-9-5-10(2)7-11(6-9)21-15(18)20-8-13-19-4-3-12(22-13)14(16)17/h3-7,14H,8H2,1-2H3,(H3,18,20,21). The van der Waals surface area contributed by atoms with E-state index in [0.29, 0.717) is 0 Å². The van der Waals surface area contributed by atoms with E-state index in [1.165, 1.54) is 12.3 Å². The summed E-state index contributed by atoms with van der Waals surface area (Å²) in [6.45, 7) is 3.99. The Morgan fingerprint density at radius 1 is 1.27 bits per heavy atom. The van der Waals surface area contributed by atoms with Gasteiger partial charge in [0.1, 0.15) is 18.1 Å². The molecular weight excluding hydrogens is 288 g/mol. The normalized spacial score (nSPS) is 11.8. The number of aromatic nitrogens is 2. The SMILES string of the molecule is Cc1cc(C)cc(NC(N)=NCc2nccc(C(F)F)n2)c1. The van der Waals surface area contributed by atoms with Gasteiger partial charge < -0.3 is 11.1 Å². The molecule has 0 saturated heterocycles. The molecule has 0 spiro atoms. The number of halogens is 2. The number of anilines is 1.